The maximum absolute atomic E-state index is 12.0. The molecule has 0 unspecified atom stereocenters. The van der Waals surface area contributed by atoms with Gasteiger partial charge in [0.05, 0.1) is 7.11 Å². The van der Waals surface area contributed by atoms with E-state index in [0.717, 1.165) is 30.4 Å². The molecule has 1 N–H and O–H groups in total. The minimum absolute atomic E-state index is 0.255. The lowest BCUT2D eigenvalue weighted by Crippen LogP contribution is -2.49. The van der Waals surface area contributed by atoms with Crippen LogP contribution in [0.5, 0.6) is 0 Å². The van der Waals surface area contributed by atoms with Crippen molar-refractivity contribution in [2.75, 3.05) is 7.11 Å². The van der Waals surface area contributed by atoms with Crippen LogP contribution in [0, 0.1) is 5.92 Å². The number of carbonyl (C=O) groups excluding carboxylic acids is 1. The molecule has 1 aromatic rings. The predicted molar refractivity (Wildman–Crippen MR) is 83.2 cm³/mol. The highest BCUT2D eigenvalue weighted by Crippen LogP contribution is 2.40. The first-order chi connectivity index (χ1) is 9.97. The molecular formula is C17H21ClO3. The number of carbonyl (C=O) groups is 1. The van der Waals surface area contributed by atoms with E-state index in [-0.39, 0.29) is 5.92 Å². The van der Waals surface area contributed by atoms with Crippen molar-refractivity contribution in [3.8, 4) is 0 Å². The molecule has 1 aliphatic carbocycles. The topological polar surface area (TPSA) is 46.5 Å². The standard InChI is InChI=1S/C17H21ClO3/c1-12-4-3-11-17(20,16(19)21-2)15(12)10-7-13-5-8-14(18)9-6-13/h5-6,8-9,15,20H,1,3-4,7,10-11H2,2H3/t15-,17+/m1/s1. The Bertz CT molecular complexity index is 523. The van der Waals surface area contributed by atoms with Crippen LogP contribution in [0.15, 0.2) is 36.4 Å². The van der Waals surface area contributed by atoms with Crippen LogP contribution in [0.3, 0.4) is 0 Å². The zero-order valence-electron chi connectivity index (χ0n) is 12.3. The van der Waals surface area contributed by atoms with Gasteiger partial charge in [-0.2, -0.15) is 0 Å². The van der Waals surface area contributed by atoms with Gasteiger partial charge in [-0.05, 0) is 49.8 Å². The molecule has 3 nitrogen and oxygen atoms in total. The fraction of sp³-hybridized carbons (Fsp3) is 0.471. The van der Waals surface area contributed by atoms with E-state index in [1.54, 1.807) is 0 Å². The predicted octanol–water partition coefficient (Wildman–Crippen LogP) is 3.53. The summed E-state index contributed by atoms with van der Waals surface area (Å²) < 4.78 is 4.79. The molecule has 0 radical (unpaired) electrons. The van der Waals surface area contributed by atoms with Crippen molar-refractivity contribution < 1.29 is 14.6 Å². The first-order valence-electron chi connectivity index (χ1n) is 7.20. The van der Waals surface area contributed by atoms with E-state index in [0.29, 0.717) is 17.9 Å². The summed E-state index contributed by atoms with van der Waals surface area (Å²) in [6.45, 7) is 4.05. The molecule has 0 aliphatic heterocycles. The molecule has 0 spiro atoms. The molecule has 1 fully saturated rings. The molecule has 2 rings (SSSR count). The molecule has 0 amide bonds. The first-order valence-corrected chi connectivity index (χ1v) is 7.58. The van der Waals surface area contributed by atoms with Crippen molar-refractivity contribution in [3.05, 3.63) is 47.0 Å². The van der Waals surface area contributed by atoms with Gasteiger partial charge < -0.3 is 9.84 Å². The summed E-state index contributed by atoms with van der Waals surface area (Å²) in [5, 5.41) is 11.4. The molecule has 0 heterocycles. The van der Waals surface area contributed by atoms with Gasteiger partial charge in [-0.3, -0.25) is 0 Å². The summed E-state index contributed by atoms with van der Waals surface area (Å²) in [5.74, 6) is -0.807. The largest absolute Gasteiger partial charge is 0.467 e. The Kier molecular flexibility index (Phi) is 5.07. The SMILES string of the molecule is C=C1CCC[C@@](O)(C(=O)OC)[C@@H]1CCc1ccc(Cl)cc1. The minimum atomic E-state index is -1.43. The van der Waals surface area contributed by atoms with Crippen molar-refractivity contribution >= 4 is 17.6 Å². The van der Waals surface area contributed by atoms with Crippen LogP contribution in [-0.2, 0) is 16.0 Å². The Morgan fingerprint density at radius 3 is 2.76 bits per heavy atom. The molecule has 1 saturated carbocycles. The van der Waals surface area contributed by atoms with Crippen molar-refractivity contribution in [2.45, 2.75) is 37.7 Å². The maximum atomic E-state index is 12.0. The Labute approximate surface area is 130 Å². The summed E-state index contributed by atoms with van der Waals surface area (Å²) in [7, 11) is 1.31. The van der Waals surface area contributed by atoms with Crippen molar-refractivity contribution in [3.63, 3.8) is 0 Å². The van der Waals surface area contributed by atoms with Crippen molar-refractivity contribution in [1.82, 2.24) is 0 Å². The number of esters is 1. The number of aryl methyl sites for hydroxylation is 1. The van der Waals surface area contributed by atoms with E-state index < -0.39 is 11.6 Å². The number of halogens is 1. The lowest BCUT2D eigenvalue weighted by molar-refractivity contribution is -0.170. The lowest BCUT2D eigenvalue weighted by Gasteiger charge is -2.39. The summed E-state index contributed by atoms with van der Waals surface area (Å²) in [5.41, 5.74) is 0.629. The van der Waals surface area contributed by atoms with Crippen molar-refractivity contribution in [1.29, 1.82) is 0 Å². The summed E-state index contributed by atoms with van der Waals surface area (Å²) in [6, 6.07) is 7.62. The average Bonchev–Trinajstić information content (AvgIpc) is 2.47. The molecule has 2 atom stereocenters. The molecule has 21 heavy (non-hydrogen) atoms. The summed E-state index contributed by atoms with van der Waals surface area (Å²) in [6.07, 6.45) is 3.49. The molecule has 0 bridgehead atoms. The average molecular weight is 309 g/mol. The van der Waals surface area contributed by atoms with Crippen LogP contribution < -0.4 is 0 Å². The summed E-state index contributed by atoms with van der Waals surface area (Å²) >= 11 is 5.87. The first kappa shape index (κ1) is 16.1. The fourth-order valence-electron chi connectivity index (χ4n) is 3.10. The van der Waals surface area contributed by atoms with Crippen molar-refractivity contribution in [2.24, 2.45) is 5.92 Å². The van der Waals surface area contributed by atoms with Gasteiger partial charge in [0.25, 0.3) is 0 Å². The molecule has 1 aromatic carbocycles. The van der Waals surface area contributed by atoms with E-state index in [4.69, 9.17) is 16.3 Å². The zero-order chi connectivity index (χ0) is 15.5. The number of rotatable bonds is 4. The smallest absolute Gasteiger partial charge is 0.338 e. The van der Waals surface area contributed by atoms with E-state index in [1.807, 2.05) is 24.3 Å². The third-order valence-electron chi connectivity index (χ3n) is 4.30. The molecule has 0 aromatic heterocycles. The normalized spacial score (nSPS) is 25.7. The van der Waals surface area contributed by atoms with Crippen LogP contribution >= 0.6 is 11.6 Å². The second-order valence-electron chi connectivity index (χ2n) is 5.65. The van der Waals surface area contributed by atoms with E-state index in [9.17, 15) is 9.90 Å². The van der Waals surface area contributed by atoms with Gasteiger partial charge in [-0.15, -0.1) is 0 Å². The van der Waals surface area contributed by atoms with Gasteiger partial charge >= 0.3 is 5.97 Å². The highest BCUT2D eigenvalue weighted by molar-refractivity contribution is 6.30. The van der Waals surface area contributed by atoms with Gasteiger partial charge in [0.2, 0.25) is 0 Å². The number of hydrogen-bond acceptors (Lipinski definition) is 3. The molecule has 0 saturated heterocycles. The Morgan fingerprint density at radius 1 is 1.48 bits per heavy atom. The van der Waals surface area contributed by atoms with E-state index in [1.165, 1.54) is 7.11 Å². The maximum Gasteiger partial charge on any atom is 0.338 e. The van der Waals surface area contributed by atoms with Gasteiger partial charge in [0.15, 0.2) is 5.60 Å². The minimum Gasteiger partial charge on any atom is -0.467 e. The van der Waals surface area contributed by atoms with E-state index >= 15 is 0 Å². The molecule has 114 valence electrons. The van der Waals surface area contributed by atoms with Crippen LogP contribution in [0.2, 0.25) is 5.02 Å². The highest BCUT2D eigenvalue weighted by Gasteiger charge is 2.47. The van der Waals surface area contributed by atoms with Crippen LogP contribution in [0.4, 0.5) is 0 Å². The zero-order valence-corrected chi connectivity index (χ0v) is 13.0. The number of methoxy groups -OCH3 is 1. The quantitative estimate of drug-likeness (QED) is 0.683. The third-order valence-corrected chi connectivity index (χ3v) is 4.55. The third kappa shape index (κ3) is 3.47. The second kappa shape index (κ2) is 6.63. The van der Waals surface area contributed by atoms with Gasteiger partial charge in [-0.25, -0.2) is 4.79 Å². The van der Waals surface area contributed by atoms with Crippen LogP contribution in [-0.4, -0.2) is 23.8 Å². The highest BCUT2D eigenvalue weighted by atomic mass is 35.5. The van der Waals surface area contributed by atoms with Gasteiger partial charge in [-0.1, -0.05) is 35.9 Å². The number of aliphatic hydroxyl groups is 1. The summed E-state index contributed by atoms with van der Waals surface area (Å²) in [4.78, 5) is 12.0. The number of hydrogen-bond donors (Lipinski definition) is 1. The van der Waals surface area contributed by atoms with Gasteiger partial charge in [0, 0.05) is 10.9 Å². The number of benzene rings is 1. The molecule has 1 aliphatic rings. The molecule has 4 heteroatoms. The fourth-order valence-corrected chi connectivity index (χ4v) is 3.22. The Balaban J connectivity index is 2.12. The lowest BCUT2D eigenvalue weighted by atomic mass is 9.70. The van der Waals surface area contributed by atoms with Crippen LogP contribution in [0.1, 0.15) is 31.2 Å². The Morgan fingerprint density at radius 2 is 2.14 bits per heavy atom. The molecular weight excluding hydrogens is 288 g/mol. The van der Waals surface area contributed by atoms with Crippen LogP contribution in [0.25, 0.3) is 0 Å². The monoisotopic (exact) mass is 308 g/mol. The van der Waals surface area contributed by atoms with Gasteiger partial charge in [0.1, 0.15) is 0 Å². The van der Waals surface area contributed by atoms with E-state index in [2.05, 4.69) is 6.58 Å². The second-order valence-corrected chi connectivity index (χ2v) is 6.08. The number of ether oxygens (including phenoxy) is 1. The Hall–Kier alpha value is -1.32.